The van der Waals surface area contributed by atoms with Crippen LogP contribution >= 0.6 is 0 Å². The van der Waals surface area contributed by atoms with Crippen LogP contribution in [0.3, 0.4) is 0 Å². The van der Waals surface area contributed by atoms with Gasteiger partial charge >= 0.3 is 0 Å². The van der Waals surface area contributed by atoms with Crippen LogP contribution in [0, 0.1) is 0 Å². The molecule has 2 aliphatic rings. The number of rotatable bonds is 2. The van der Waals surface area contributed by atoms with Crippen molar-refractivity contribution in [3.63, 3.8) is 0 Å². The Morgan fingerprint density at radius 2 is 1.96 bits per heavy atom. The van der Waals surface area contributed by atoms with Crippen LogP contribution in [0.5, 0.6) is 0 Å². The number of hydrogen-bond donors (Lipinski definition) is 0. The van der Waals surface area contributed by atoms with Gasteiger partial charge in [-0.1, -0.05) is 24.3 Å². The van der Waals surface area contributed by atoms with E-state index in [1.54, 1.807) is 0 Å². The second-order valence-electron chi connectivity index (χ2n) is 7.84. The third-order valence-corrected chi connectivity index (χ3v) is 5.86. The molecule has 28 heavy (non-hydrogen) atoms. The highest BCUT2D eigenvalue weighted by Gasteiger charge is 2.31. The molecule has 0 bridgehead atoms. The van der Waals surface area contributed by atoms with Crippen molar-refractivity contribution in [2.75, 3.05) is 26.7 Å². The van der Waals surface area contributed by atoms with Crippen LogP contribution in [0.4, 0.5) is 0 Å². The maximum atomic E-state index is 13.1. The van der Waals surface area contributed by atoms with Crippen molar-refractivity contribution < 1.29 is 4.79 Å². The van der Waals surface area contributed by atoms with E-state index in [1.807, 2.05) is 41.3 Å². The topological polar surface area (TPSA) is 67.2 Å². The van der Waals surface area contributed by atoms with Gasteiger partial charge in [-0.05, 0) is 32.0 Å². The van der Waals surface area contributed by atoms with E-state index in [0.717, 1.165) is 61.6 Å². The minimum absolute atomic E-state index is 0.00793. The minimum Gasteiger partial charge on any atom is -0.337 e. The van der Waals surface area contributed by atoms with Gasteiger partial charge in [-0.25, -0.2) is 4.98 Å². The number of aromatic nitrogens is 4. The van der Waals surface area contributed by atoms with E-state index in [0.29, 0.717) is 12.2 Å². The first kappa shape index (κ1) is 17.3. The van der Waals surface area contributed by atoms with Gasteiger partial charge in [0.25, 0.3) is 5.91 Å². The minimum atomic E-state index is 0.00793. The van der Waals surface area contributed by atoms with Gasteiger partial charge in [0.1, 0.15) is 17.3 Å². The molecule has 1 aromatic carbocycles. The average molecular weight is 376 g/mol. The molecule has 144 valence electrons. The Hall–Kier alpha value is -2.80. The summed E-state index contributed by atoms with van der Waals surface area (Å²) in [6.45, 7) is 4.22. The molecule has 2 aliphatic heterocycles. The normalized spacial score (nSPS) is 20.3. The summed E-state index contributed by atoms with van der Waals surface area (Å²) in [5.41, 5.74) is 1.38. The fourth-order valence-electron chi connectivity index (χ4n) is 4.32. The highest BCUT2D eigenvalue weighted by atomic mass is 16.2. The number of fused-ring (bicyclic) bond motifs is 2. The summed E-state index contributed by atoms with van der Waals surface area (Å²) in [7, 11) is 2.11. The summed E-state index contributed by atoms with van der Waals surface area (Å²) in [5.74, 6) is 2.31. The van der Waals surface area contributed by atoms with Crippen molar-refractivity contribution in [3.05, 3.63) is 53.7 Å². The second-order valence-corrected chi connectivity index (χ2v) is 7.84. The molecule has 1 atom stereocenters. The van der Waals surface area contributed by atoms with Crippen LogP contribution < -0.4 is 0 Å². The lowest BCUT2D eigenvalue weighted by molar-refractivity contribution is 0.0697. The van der Waals surface area contributed by atoms with E-state index < -0.39 is 0 Å². The quantitative estimate of drug-likeness (QED) is 0.687. The molecule has 3 aromatic rings. The zero-order chi connectivity index (χ0) is 19.1. The van der Waals surface area contributed by atoms with Crippen LogP contribution in [-0.4, -0.2) is 62.1 Å². The first-order chi connectivity index (χ1) is 13.7. The number of benzene rings is 1. The second kappa shape index (κ2) is 6.98. The van der Waals surface area contributed by atoms with Crippen LogP contribution in [0.2, 0.25) is 0 Å². The molecular weight excluding hydrogens is 352 g/mol. The molecule has 1 saturated heterocycles. The van der Waals surface area contributed by atoms with Gasteiger partial charge in [-0.15, -0.1) is 10.2 Å². The van der Waals surface area contributed by atoms with E-state index in [9.17, 15) is 4.79 Å². The number of para-hydroxylation sites is 1. The van der Waals surface area contributed by atoms with Crippen molar-refractivity contribution in [2.45, 2.75) is 31.8 Å². The molecule has 7 nitrogen and oxygen atoms in total. The number of hydrogen-bond acceptors (Lipinski definition) is 5. The number of likely N-dealkylation sites (tertiary alicyclic amines) is 1. The number of amides is 1. The summed E-state index contributed by atoms with van der Waals surface area (Å²) < 4.78 is 2.26. The molecule has 0 N–H and O–H groups in total. The van der Waals surface area contributed by atoms with Gasteiger partial charge in [0.15, 0.2) is 0 Å². The van der Waals surface area contributed by atoms with Crippen LogP contribution in [0.15, 0.2) is 36.4 Å². The maximum absolute atomic E-state index is 13.1. The Kier molecular flexibility index (Phi) is 4.31. The highest BCUT2D eigenvalue weighted by molar-refractivity contribution is 5.95. The number of likely N-dealkylation sites (N-methyl/N-ethyl adjacent to an activating group) is 1. The molecule has 1 unspecified atom stereocenters. The molecule has 1 fully saturated rings. The predicted octanol–water partition coefficient (Wildman–Crippen LogP) is 2.29. The smallest absolute Gasteiger partial charge is 0.272 e. The van der Waals surface area contributed by atoms with E-state index in [1.165, 1.54) is 0 Å². The zero-order valence-corrected chi connectivity index (χ0v) is 16.1. The van der Waals surface area contributed by atoms with Gasteiger partial charge in [0.2, 0.25) is 0 Å². The third-order valence-electron chi connectivity index (χ3n) is 5.86. The van der Waals surface area contributed by atoms with Gasteiger partial charge in [-0.2, -0.15) is 0 Å². The zero-order valence-electron chi connectivity index (χ0n) is 16.1. The van der Waals surface area contributed by atoms with Crippen LogP contribution in [0.25, 0.3) is 10.9 Å². The molecular formula is C21H24N6O. The monoisotopic (exact) mass is 376 g/mol. The highest BCUT2D eigenvalue weighted by Crippen LogP contribution is 2.28. The summed E-state index contributed by atoms with van der Waals surface area (Å²) in [5, 5.41) is 9.95. The largest absolute Gasteiger partial charge is 0.337 e. The molecule has 5 rings (SSSR count). The van der Waals surface area contributed by atoms with Crippen LogP contribution in [0.1, 0.15) is 40.9 Å². The van der Waals surface area contributed by atoms with Crippen molar-refractivity contribution in [1.82, 2.24) is 29.5 Å². The Bertz CT molecular complexity index is 1030. The van der Waals surface area contributed by atoms with E-state index in [4.69, 9.17) is 0 Å². The lowest BCUT2D eigenvalue weighted by atomic mass is 9.96. The fraction of sp³-hybridized carbons (Fsp3) is 0.429. The van der Waals surface area contributed by atoms with Crippen LogP contribution in [-0.2, 0) is 13.1 Å². The predicted molar refractivity (Wildman–Crippen MR) is 106 cm³/mol. The van der Waals surface area contributed by atoms with Crippen molar-refractivity contribution in [3.8, 4) is 0 Å². The van der Waals surface area contributed by atoms with Crippen molar-refractivity contribution >= 4 is 16.8 Å². The number of piperidine rings is 1. The van der Waals surface area contributed by atoms with E-state index >= 15 is 0 Å². The summed E-state index contributed by atoms with van der Waals surface area (Å²) in [6, 6.07) is 11.7. The van der Waals surface area contributed by atoms with Gasteiger partial charge < -0.3 is 9.47 Å². The number of nitrogens with zero attached hydrogens (tertiary/aromatic N) is 6. The lowest BCUT2D eigenvalue weighted by Gasteiger charge is -2.33. The number of carbonyl (C=O) groups excluding carboxylic acids is 1. The van der Waals surface area contributed by atoms with E-state index in [-0.39, 0.29) is 11.8 Å². The average Bonchev–Trinajstić information content (AvgIpc) is 3.16. The molecule has 0 saturated carbocycles. The SMILES string of the molecule is CN1CCn2c(nnc2C2CCCN(C(=O)c3ccc4ccccc4n3)C2)C1. The number of carbonyl (C=O) groups is 1. The molecule has 7 heteroatoms. The van der Waals surface area contributed by atoms with E-state index in [2.05, 4.69) is 31.7 Å². The molecule has 2 aromatic heterocycles. The Morgan fingerprint density at radius 3 is 2.89 bits per heavy atom. The fourth-order valence-corrected chi connectivity index (χ4v) is 4.32. The molecule has 0 aliphatic carbocycles. The maximum Gasteiger partial charge on any atom is 0.272 e. The molecule has 0 radical (unpaired) electrons. The molecule has 1 amide bonds. The van der Waals surface area contributed by atoms with Gasteiger partial charge in [-0.3, -0.25) is 9.69 Å². The number of pyridine rings is 1. The Balaban J connectivity index is 1.37. The summed E-state index contributed by atoms with van der Waals surface area (Å²) in [6.07, 6.45) is 2.02. The first-order valence-electron chi connectivity index (χ1n) is 9.94. The third kappa shape index (κ3) is 3.05. The van der Waals surface area contributed by atoms with Gasteiger partial charge in [0.05, 0.1) is 12.1 Å². The van der Waals surface area contributed by atoms with Crippen molar-refractivity contribution in [1.29, 1.82) is 0 Å². The Labute approximate surface area is 164 Å². The summed E-state index contributed by atoms with van der Waals surface area (Å²) in [4.78, 5) is 21.9. The molecule has 0 spiro atoms. The first-order valence-corrected chi connectivity index (χ1v) is 9.94. The lowest BCUT2D eigenvalue weighted by Crippen LogP contribution is -2.40. The Morgan fingerprint density at radius 1 is 1.07 bits per heavy atom. The standard InChI is InChI=1S/C21H24N6O/c1-25-11-12-27-19(14-25)23-24-20(27)16-6-4-10-26(13-16)21(28)18-9-8-15-5-2-3-7-17(15)22-18/h2-3,5,7-9,16H,4,6,10-14H2,1H3. The van der Waals surface area contributed by atoms with Gasteiger partial charge in [0, 0.05) is 37.5 Å². The molecule has 4 heterocycles. The summed E-state index contributed by atoms with van der Waals surface area (Å²) >= 11 is 0. The van der Waals surface area contributed by atoms with Crippen molar-refractivity contribution in [2.24, 2.45) is 0 Å².